The van der Waals surface area contributed by atoms with Crippen LogP contribution in [0.5, 0.6) is 0 Å². The minimum Gasteiger partial charge on any atom is -0.329 e. The third-order valence-corrected chi connectivity index (χ3v) is 6.60. The Hall–Kier alpha value is 0.230. The van der Waals surface area contributed by atoms with Crippen molar-refractivity contribution in [3.05, 3.63) is 0 Å². The fraction of sp³-hybridized carbons (Fsp3) is 1.00. The molecule has 3 saturated heterocycles. The summed E-state index contributed by atoms with van der Waals surface area (Å²) in [6, 6.07) is 2.13. The van der Waals surface area contributed by atoms with E-state index in [2.05, 4.69) is 28.5 Å². The van der Waals surface area contributed by atoms with Crippen molar-refractivity contribution in [1.29, 1.82) is 0 Å². The van der Waals surface area contributed by atoms with Crippen molar-refractivity contribution in [2.24, 2.45) is 11.7 Å². The lowest BCUT2D eigenvalue weighted by atomic mass is 9.91. The molecule has 0 saturated carbocycles. The molecule has 4 atom stereocenters. The van der Waals surface area contributed by atoms with Crippen LogP contribution >= 0.6 is 11.8 Å². The average molecular weight is 283 g/mol. The topological polar surface area (TPSA) is 32.5 Å². The molecule has 4 heteroatoms. The van der Waals surface area contributed by atoms with Crippen molar-refractivity contribution >= 4 is 11.8 Å². The zero-order chi connectivity index (χ0) is 13.2. The van der Waals surface area contributed by atoms with E-state index in [1.807, 2.05) is 0 Å². The molecule has 19 heavy (non-hydrogen) atoms. The Morgan fingerprint density at radius 2 is 2.16 bits per heavy atom. The van der Waals surface area contributed by atoms with Crippen molar-refractivity contribution in [1.82, 2.24) is 9.80 Å². The van der Waals surface area contributed by atoms with Crippen molar-refractivity contribution in [2.75, 3.05) is 37.7 Å². The van der Waals surface area contributed by atoms with Gasteiger partial charge in [0.25, 0.3) is 0 Å². The van der Waals surface area contributed by atoms with Gasteiger partial charge in [-0.1, -0.05) is 6.42 Å². The maximum atomic E-state index is 6.15. The second-order valence-corrected chi connectivity index (χ2v) is 7.77. The molecule has 0 radical (unpaired) electrons. The first-order valence-corrected chi connectivity index (χ1v) is 9.22. The van der Waals surface area contributed by atoms with Gasteiger partial charge in [-0.2, -0.15) is 11.8 Å². The first-order chi connectivity index (χ1) is 9.29. The molecule has 0 aromatic carbocycles. The molecule has 0 aromatic rings. The van der Waals surface area contributed by atoms with Gasteiger partial charge in [0.1, 0.15) is 0 Å². The molecule has 2 N–H and O–H groups in total. The summed E-state index contributed by atoms with van der Waals surface area (Å²) < 4.78 is 0. The number of nitrogens with two attached hydrogens (primary N) is 1. The van der Waals surface area contributed by atoms with E-state index in [4.69, 9.17) is 5.73 Å². The van der Waals surface area contributed by atoms with Gasteiger partial charge in [-0.25, -0.2) is 0 Å². The molecule has 3 aliphatic rings. The molecule has 4 unspecified atom stereocenters. The Labute approximate surface area is 122 Å². The second-order valence-electron chi connectivity index (χ2n) is 6.62. The number of thioether (sulfide) groups is 1. The van der Waals surface area contributed by atoms with Gasteiger partial charge in [0.05, 0.1) is 0 Å². The first-order valence-electron chi connectivity index (χ1n) is 8.07. The molecule has 3 rings (SSSR count). The molecule has 0 amide bonds. The van der Waals surface area contributed by atoms with E-state index in [0.29, 0.717) is 12.1 Å². The van der Waals surface area contributed by atoms with E-state index in [-0.39, 0.29) is 0 Å². The lowest BCUT2D eigenvalue weighted by Gasteiger charge is -2.51. The fourth-order valence-electron chi connectivity index (χ4n) is 4.29. The number of hydrogen-bond acceptors (Lipinski definition) is 4. The number of rotatable bonds is 3. The SMILES string of the molecule is CC1CN2CCCCC2CN1C(CN)C1CCSC1. The van der Waals surface area contributed by atoms with E-state index in [1.165, 1.54) is 56.8 Å². The summed E-state index contributed by atoms with van der Waals surface area (Å²) in [4.78, 5) is 5.50. The Balaban J connectivity index is 1.67. The first kappa shape index (κ1) is 14.2. The number of nitrogens with zero attached hydrogens (tertiary/aromatic N) is 2. The highest BCUT2D eigenvalue weighted by Crippen LogP contribution is 2.32. The molecule has 0 bridgehead atoms. The minimum absolute atomic E-state index is 0.633. The summed E-state index contributed by atoms with van der Waals surface area (Å²) in [5.74, 6) is 3.52. The van der Waals surface area contributed by atoms with Gasteiger partial charge in [-0.3, -0.25) is 9.80 Å². The summed E-state index contributed by atoms with van der Waals surface area (Å²) in [6.45, 7) is 7.12. The van der Waals surface area contributed by atoms with Crippen molar-refractivity contribution in [3.8, 4) is 0 Å². The molecule has 3 aliphatic heterocycles. The van der Waals surface area contributed by atoms with Crippen LogP contribution in [-0.4, -0.2) is 65.6 Å². The molecule has 3 fully saturated rings. The van der Waals surface area contributed by atoms with Gasteiger partial charge in [0.2, 0.25) is 0 Å². The Morgan fingerprint density at radius 1 is 1.26 bits per heavy atom. The van der Waals surface area contributed by atoms with Gasteiger partial charge >= 0.3 is 0 Å². The quantitative estimate of drug-likeness (QED) is 0.853. The lowest BCUT2D eigenvalue weighted by Crippen LogP contribution is -2.63. The van der Waals surface area contributed by atoms with Crippen LogP contribution in [0.1, 0.15) is 32.6 Å². The number of piperazine rings is 1. The van der Waals surface area contributed by atoms with E-state index in [9.17, 15) is 0 Å². The highest BCUT2D eigenvalue weighted by molar-refractivity contribution is 7.99. The molecule has 3 heterocycles. The van der Waals surface area contributed by atoms with E-state index >= 15 is 0 Å². The van der Waals surface area contributed by atoms with Gasteiger partial charge in [0, 0.05) is 37.8 Å². The molecular weight excluding hydrogens is 254 g/mol. The highest BCUT2D eigenvalue weighted by atomic mass is 32.2. The average Bonchev–Trinajstić information content (AvgIpc) is 2.94. The Morgan fingerprint density at radius 3 is 2.89 bits per heavy atom. The summed E-state index contributed by atoms with van der Waals surface area (Å²) in [7, 11) is 0. The van der Waals surface area contributed by atoms with Crippen LogP contribution < -0.4 is 5.73 Å². The van der Waals surface area contributed by atoms with E-state index in [0.717, 1.165) is 18.5 Å². The maximum Gasteiger partial charge on any atom is 0.0258 e. The van der Waals surface area contributed by atoms with Crippen molar-refractivity contribution in [3.63, 3.8) is 0 Å². The molecule has 0 aliphatic carbocycles. The fourth-order valence-corrected chi connectivity index (χ4v) is 5.62. The van der Waals surface area contributed by atoms with Crippen LogP contribution in [0, 0.1) is 5.92 Å². The molecule has 0 spiro atoms. The normalized spacial score (nSPS) is 39.2. The standard InChI is InChI=1S/C15H29N3S/c1-12-9-17-6-3-2-4-14(17)10-18(12)15(8-16)13-5-7-19-11-13/h12-15H,2-11,16H2,1H3. The third-order valence-electron chi connectivity index (χ3n) is 5.41. The monoisotopic (exact) mass is 283 g/mol. The van der Waals surface area contributed by atoms with Crippen LogP contribution in [0.4, 0.5) is 0 Å². The molecule has 3 nitrogen and oxygen atoms in total. The zero-order valence-electron chi connectivity index (χ0n) is 12.3. The van der Waals surface area contributed by atoms with Crippen LogP contribution in [0.25, 0.3) is 0 Å². The largest absolute Gasteiger partial charge is 0.329 e. The third kappa shape index (κ3) is 2.97. The summed E-state index contributed by atoms with van der Waals surface area (Å²) in [6.07, 6.45) is 5.61. The summed E-state index contributed by atoms with van der Waals surface area (Å²) in [5, 5.41) is 0. The second kappa shape index (κ2) is 6.33. The van der Waals surface area contributed by atoms with Gasteiger partial charge in [-0.15, -0.1) is 0 Å². The maximum absolute atomic E-state index is 6.15. The van der Waals surface area contributed by atoms with E-state index < -0.39 is 0 Å². The predicted molar refractivity (Wildman–Crippen MR) is 83.7 cm³/mol. The van der Waals surface area contributed by atoms with Gasteiger partial charge in [-0.05, 0) is 50.2 Å². The Bertz CT molecular complexity index is 293. The Kier molecular flexibility index (Phi) is 4.73. The van der Waals surface area contributed by atoms with Crippen molar-refractivity contribution < 1.29 is 0 Å². The highest BCUT2D eigenvalue weighted by Gasteiger charge is 2.38. The van der Waals surface area contributed by atoms with Gasteiger partial charge < -0.3 is 5.73 Å². The van der Waals surface area contributed by atoms with Crippen LogP contribution in [0.2, 0.25) is 0 Å². The zero-order valence-corrected chi connectivity index (χ0v) is 13.1. The summed E-state index contributed by atoms with van der Waals surface area (Å²) >= 11 is 2.12. The lowest BCUT2D eigenvalue weighted by molar-refractivity contribution is -0.0170. The van der Waals surface area contributed by atoms with Gasteiger partial charge in [0.15, 0.2) is 0 Å². The van der Waals surface area contributed by atoms with E-state index in [1.54, 1.807) is 0 Å². The number of piperidine rings is 1. The smallest absolute Gasteiger partial charge is 0.0258 e. The van der Waals surface area contributed by atoms with Crippen LogP contribution in [-0.2, 0) is 0 Å². The molecule has 0 aromatic heterocycles. The minimum atomic E-state index is 0.633. The predicted octanol–water partition coefficient (Wildman–Crippen LogP) is 1.63. The van der Waals surface area contributed by atoms with Crippen molar-refractivity contribution in [2.45, 2.75) is 50.7 Å². The number of hydrogen-bond donors (Lipinski definition) is 1. The summed E-state index contributed by atoms with van der Waals surface area (Å²) in [5.41, 5.74) is 6.15. The number of fused-ring (bicyclic) bond motifs is 1. The molecular formula is C15H29N3S. The van der Waals surface area contributed by atoms with Crippen LogP contribution in [0.3, 0.4) is 0 Å². The molecule has 110 valence electrons. The van der Waals surface area contributed by atoms with Crippen LogP contribution in [0.15, 0.2) is 0 Å².